The average Bonchev–Trinajstić information content (AvgIpc) is 0. The molecule has 23 valence electrons. The van der Waals surface area contributed by atoms with Gasteiger partial charge in [-0.05, 0) is 0 Å². The van der Waals surface area contributed by atoms with Crippen LogP contribution >= 0.6 is 0 Å². The van der Waals surface area contributed by atoms with Crippen molar-refractivity contribution in [2.24, 2.45) is 0 Å². The molecular weight excluding hydrogens is 343 g/mol. The first-order valence-corrected chi connectivity index (χ1v) is 0. The monoisotopic (exact) mass is 341 g/mol. The van der Waals surface area contributed by atoms with E-state index in [9.17, 15) is 0 Å². The van der Waals surface area contributed by atoms with Gasteiger partial charge in [0.2, 0.25) is 0 Å². The van der Waals surface area contributed by atoms with Crippen molar-refractivity contribution in [1.82, 2.24) is 0 Å². The summed E-state index contributed by atoms with van der Waals surface area (Å²) < 4.78 is 0. The molecule has 0 aliphatic carbocycles. The van der Waals surface area contributed by atoms with E-state index in [1.165, 1.54) is 0 Å². The Morgan fingerprint density at radius 1 is 1.00 bits per heavy atom. The topological polar surface area (TPSA) is 0 Å². The summed E-state index contributed by atoms with van der Waals surface area (Å²) in [5, 5.41) is 0. The number of hydrogen-bond acceptors (Lipinski definition) is 0. The second kappa shape index (κ2) is 16.1. The summed E-state index contributed by atoms with van der Waals surface area (Å²) in [7, 11) is 0. The van der Waals surface area contributed by atoms with Gasteiger partial charge in [0.25, 0.3) is 0 Å². The zero-order valence-electron chi connectivity index (χ0n) is 1.80. The third-order valence-corrected chi connectivity index (χ3v) is 0. The second-order valence-electron chi connectivity index (χ2n) is 0. The summed E-state index contributed by atoms with van der Waals surface area (Å²) in [6.07, 6.45) is 0. The van der Waals surface area contributed by atoms with Crippen LogP contribution in [0.3, 0.4) is 0 Å². The van der Waals surface area contributed by atoms with Crippen molar-refractivity contribution in [1.29, 1.82) is 0 Å². The van der Waals surface area contributed by atoms with Crippen molar-refractivity contribution in [3.05, 3.63) is 0 Å². The Bertz CT molecular complexity index is 8.00. The molecule has 4 heteroatoms. The summed E-state index contributed by atoms with van der Waals surface area (Å²) in [5.74, 6) is 0. The largest absolute Gasteiger partial charge is 0 e. The third kappa shape index (κ3) is 9.09. The molecule has 0 aliphatic heterocycles. The van der Waals surface area contributed by atoms with Crippen LogP contribution in [0.25, 0.3) is 0 Å². The maximum absolute atomic E-state index is 0. The summed E-state index contributed by atoms with van der Waals surface area (Å²) in [4.78, 5) is 0. The molecule has 0 amide bonds. The maximum Gasteiger partial charge on any atom is 0 e. The molecule has 0 spiro atoms. The first kappa shape index (κ1) is 25.9. The second-order valence-corrected chi connectivity index (χ2v) is 0. The van der Waals surface area contributed by atoms with Gasteiger partial charge in [0, 0.05) is 107 Å². The van der Waals surface area contributed by atoms with Gasteiger partial charge >= 0.3 is 0 Å². The van der Waals surface area contributed by atoms with Gasteiger partial charge in [0.1, 0.15) is 0 Å². The van der Waals surface area contributed by atoms with Crippen LogP contribution < -0.4 is 0 Å². The Morgan fingerprint density at radius 3 is 1.00 bits per heavy atom. The molecule has 0 nitrogen and oxygen atoms in total. The Kier molecular flexibility index (Phi) is 104. The normalized spacial score (nSPS) is 0. The van der Waals surface area contributed by atoms with E-state index in [1.807, 2.05) is 0 Å². The number of rotatable bonds is 0. The Hall–Kier alpha value is 3.49. The van der Waals surface area contributed by atoms with Gasteiger partial charge in [-0.25, -0.2) is 0 Å². The molecule has 0 unspecified atom stereocenters. The first-order valence-electron chi connectivity index (χ1n) is 0. The Balaban J connectivity index is 0. The molecule has 0 N–H and O–H groups in total. The predicted molar refractivity (Wildman–Crippen MR) is 0 cm³/mol. The molecule has 0 bridgehead atoms. The van der Waals surface area contributed by atoms with Gasteiger partial charge < -0.3 is 0 Å². The van der Waals surface area contributed by atoms with E-state index < -0.39 is 0 Å². The summed E-state index contributed by atoms with van der Waals surface area (Å²) in [5.41, 5.74) is 0. The maximum atomic E-state index is 0. The van der Waals surface area contributed by atoms with Gasteiger partial charge in [-0.1, -0.05) is 0 Å². The van der Waals surface area contributed by atoms with E-state index in [4.69, 9.17) is 0 Å². The molecule has 4 heavy (non-hydrogen) atoms. The molecule has 0 saturated carbocycles. The molecular formula is CeCuTiZr. The summed E-state index contributed by atoms with van der Waals surface area (Å²) in [6, 6.07) is 0. The summed E-state index contributed by atoms with van der Waals surface area (Å²) >= 11 is 0. The van der Waals surface area contributed by atoms with E-state index in [2.05, 4.69) is 0 Å². The van der Waals surface area contributed by atoms with E-state index in [-0.39, 0.29) is 107 Å². The molecule has 0 aromatic carbocycles. The smallest absolute Gasteiger partial charge is 0 e. The zero-order chi connectivity index (χ0) is 0. The van der Waals surface area contributed by atoms with Crippen LogP contribution in [0.4, 0.5) is 0 Å². The molecule has 0 rings (SSSR count). The fourth-order valence-electron chi connectivity index (χ4n) is 0. The molecule has 1 radical (unpaired) electrons. The fraction of sp³-hybridized carbons (Fsp3) is 0. The van der Waals surface area contributed by atoms with E-state index in [1.54, 1.807) is 0 Å². The van der Waals surface area contributed by atoms with Crippen LogP contribution in [0, 0.1) is 41.7 Å². The quantitative estimate of drug-likeness (QED) is 0.543. The van der Waals surface area contributed by atoms with Crippen LogP contribution in [0.5, 0.6) is 0 Å². The molecule has 0 aromatic heterocycles. The van der Waals surface area contributed by atoms with Crippen LogP contribution in [0.1, 0.15) is 0 Å². The fourth-order valence-corrected chi connectivity index (χ4v) is 0. The van der Waals surface area contributed by atoms with Crippen LogP contribution in [-0.2, 0) is 65.0 Å². The molecule has 0 aromatic rings. The van der Waals surface area contributed by atoms with Gasteiger partial charge in [-0.2, -0.15) is 0 Å². The van der Waals surface area contributed by atoms with Gasteiger partial charge in [0.15, 0.2) is 0 Å². The number of hydrogen-bond donors (Lipinski definition) is 0. The van der Waals surface area contributed by atoms with Gasteiger partial charge in [-0.15, -0.1) is 0 Å². The van der Waals surface area contributed by atoms with Crippen molar-refractivity contribution in [3.8, 4) is 0 Å². The van der Waals surface area contributed by atoms with E-state index in [0.717, 1.165) is 0 Å². The molecule has 0 aliphatic rings. The molecule has 0 saturated heterocycles. The van der Waals surface area contributed by atoms with Gasteiger partial charge in [0.05, 0.1) is 0 Å². The van der Waals surface area contributed by atoms with E-state index in [0.29, 0.717) is 0 Å². The van der Waals surface area contributed by atoms with E-state index >= 15 is 0 Å². The summed E-state index contributed by atoms with van der Waals surface area (Å²) in [6.45, 7) is 0. The Morgan fingerprint density at radius 2 is 1.00 bits per heavy atom. The van der Waals surface area contributed by atoms with Crippen LogP contribution in [0.15, 0.2) is 0 Å². The van der Waals surface area contributed by atoms with Gasteiger partial charge in [-0.3, -0.25) is 0 Å². The SMILES string of the molecule is [Ce].[Cu].[Ti].[Zr]. The van der Waals surface area contributed by atoms with Crippen LogP contribution in [-0.4, -0.2) is 0 Å². The zero-order valence-corrected chi connectivity index (χ0v) is 9.90. The minimum absolute atomic E-state index is 0. The van der Waals surface area contributed by atoms with Crippen molar-refractivity contribution in [2.45, 2.75) is 0 Å². The predicted octanol–water partition coefficient (Wildman–Crippen LogP) is -0.00750. The third-order valence-electron chi connectivity index (χ3n) is 0. The van der Waals surface area contributed by atoms with Crippen molar-refractivity contribution in [2.75, 3.05) is 0 Å². The van der Waals surface area contributed by atoms with Crippen molar-refractivity contribution < 1.29 is 107 Å². The minimum atomic E-state index is 0. The standard InChI is InChI=1S/Ce.Cu.Ti.Zr. The Labute approximate surface area is 104 Å². The minimum Gasteiger partial charge on any atom is 0 e. The van der Waals surface area contributed by atoms with Crippen molar-refractivity contribution >= 4 is 0 Å². The van der Waals surface area contributed by atoms with Crippen molar-refractivity contribution in [3.63, 3.8) is 0 Å². The molecule has 0 fully saturated rings. The average molecular weight is 343 g/mol. The molecule has 0 heterocycles. The van der Waals surface area contributed by atoms with Crippen LogP contribution in [0.2, 0.25) is 0 Å². The molecule has 0 atom stereocenters. The first-order chi connectivity index (χ1) is 0.